The summed E-state index contributed by atoms with van der Waals surface area (Å²) in [6.07, 6.45) is 33.4. The highest BCUT2D eigenvalue weighted by Crippen LogP contribution is 2.12. The van der Waals surface area contributed by atoms with Crippen LogP contribution in [-0.4, -0.2) is 23.1 Å². The predicted octanol–water partition coefficient (Wildman–Crippen LogP) is 8.27. The lowest BCUT2D eigenvalue weighted by Gasteiger charge is -2.15. The van der Waals surface area contributed by atoms with Crippen LogP contribution in [0, 0.1) is 0 Å². The molecular weight excluding hydrogens is 412 g/mol. The number of carbonyl (C=O) groups is 2. The molecule has 0 rings (SSSR count). The van der Waals surface area contributed by atoms with Crippen molar-refractivity contribution in [3.05, 3.63) is 60.8 Å². The molecule has 4 nitrogen and oxygen atoms in total. The first-order valence-electron chi connectivity index (χ1n) is 12.8. The van der Waals surface area contributed by atoms with Gasteiger partial charge in [0.15, 0.2) is 0 Å². The molecule has 0 radical (unpaired) electrons. The number of ether oxygens (including phenoxy) is 1. The van der Waals surface area contributed by atoms with Crippen molar-refractivity contribution in [1.82, 2.24) is 0 Å². The first-order chi connectivity index (χ1) is 16.1. The van der Waals surface area contributed by atoms with E-state index in [1.165, 1.54) is 0 Å². The zero-order chi connectivity index (χ0) is 24.4. The molecule has 0 spiro atoms. The van der Waals surface area contributed by atoms with Gasteiger partial charge in [0.1, 0.15) is 6.10 Å². The number of esters is 1. The van der Waals surface area contributed by atoms with Crippen molar-refractivity contribution in [2.24, 2.45) is 0 Å². The summed E-state index contributed by atoms with van der Waals surface area (Å²) in [5.74, 6) is -0.962. The van der Waals surface area contributed by atoms with E-state index in [1.807, 2.05) is 6.92 Å². The number of rotatable bonds is 21. The fraction of sp³-hybridized carbons (Fsp3) is 0.586. The lowest BCUT2D eigenvalue weighted by molar-refractivity contribution is -0.149. The molecule has 1 atom stereocenters. The third-order valence-electron chi connectivity index (χ3n) is 5.08. The highest BCUT2D eigenvalue weighted by molar-refractivity contribution is 5.69. The van der Waals surface area contributed by atoms with E-state index in [0.29, 0.717) is 19.3 Å². The molecule has 33 heavy (non-hydrogen) atoms. The average Bonchev–Trinajstić information content (AvgIpc) is 2.79. The maximum atomic E-state index is 11.9. The zero-order valence-electron chi connectivity index (χ0n) is 20.9. The second-order valence-corrected chi connectivity index (χ2v) is 8.11. The van der Waals surface area contributed by atoms with Gasteiger partial charge in [0.25, 0.3) is 0 Å². The first-order valence-corrected chi connectivity index (χ1v) is 12.8. The first kappa shape index (κ1) is 30.6. The summed E-state index contributed by atoms with van der Waals surface area (Å²) in [4.78, 5) is 22.5. The van der Waals surface area contributed by atoms with Gasteiger partial charge in [0.05, 0.1) is 0 Å². The van der Waals surface area contributed by atoms with Crippen LogP contribution in [0.3, 0.4) is 0 Å². The van der Waals surface area contributed by atoms with Gasteiger partial charge in [-0.3, -0.25) is 9.59 Å². The SMILES string of the molecule is CC/C=C\C/C=C\C/C=C\C/C=C\C/C=C\CCCCCC(=O)OC(CC)CCCC(=O)O. The molecule has 0 fully saturated rings. The highest BCUT2D eigenvalue weighted by Gasteiger charge is 2.12. The second-order valence-electron chi connectivity index (χ2n) is 8.11. The standard InChI is InChI=1S/C29H46O4/c1-3-5-6-7-8-9-10-11-12-13-14-15-16-17-18-19-20-21-22-26-29(32)33-27(4-2)24-23-25-28(30)31/h5-6,8-9,11-12,14-15,17-18,27H,3-4,7,10,13,16,19-26H2,1-2H3,(H,30,31)/b6-5-,9-8-,12-11-,15-14-,18-17-. The van der Waals surface area contributed by atoms with Gasteiger partial charge >= 0.3 is 11.9 Å². The molecule has 1 unspecified atom stereocenters. The van der Waals surface area contributed by atoms with E-state index in [4.69, 9.17) is 9.84 Å². The Morgan fingerprint density at radius 2 is 1.24 bits per heavy atom. The Morgan fingerprint density at radius 1 is 0.697 bits per heavy atom. The molecule has 0 aliphatic heterocycles. The molecule has 0 aromatic carbocycles. The molecule has 0 aliphatic carbocycles. The van der Waals surface area contributed by atoms with Crippen LogP contribution in [0.4, 0.5) is 0 Å². The Kier molecular flexibility index (Phi) is 22.5. The largest absolute Gasteiger partial charge is 0.481 e. The van der Waals surface area contributed by atoms with E-state index in [-0.39, 0.29) is 18.5 Å². The van der Waals surface area contributed by atoms with Crippen LogP contribution >= 0.6 is 0 Å². The van der Waals surface area contributed by atoms with E-state index < -0.39 is 5.97 Å². The molecule has 0 saturated heterocycles. The Hall–Kier alpha value is -2.36. The van der Waals surface area contributed by atoms with Crippen molar-refractivity contribution >= 4 is 11.9 Å². The molecule has 0 saturated carbocycles. The third-order valence-corrected chi connectivity index (χ3v) is 5.08. The van der Waals surface area contributed by atoms with Gasteiger partial charge in [-0.2, -0.15) is 0 Å². The monoisotopic (exact) mass is 458 g/mol. The molecule has 0 aromatic rings. The molecule has 0 bridgehead atoms. The van der Waals surface area contributed by atoms with E-state index >= 15 is 0 Å². The minimum Gasteiger partial charge on any atom is -0.481 e. The molecule has 0 heterocycles. The minimum atomic E-state index is -0.802. The summed E-state index contributed by atoms with van der Waals surface area (Å²) in [7, 11) is 0. The highest BCUT2D eigenvalue weighted by atomic mass is 16.5. The Bertz CT molecular complexity index is 626. The number of carbonyl (C=O) groups excluding carboxylic acids is 1. The second kappa shape index (κ2) is 24.3. The number of unbranched alkanes of at least 4 members (excludes halogenated alkanes) is 3. The Balaban J connectivity index is 3.62. The van der Waals surface area contributed by atoms with Crippen molar-refractivity contribution in [2.45, 2.75) is 110 Å². The van der Waals surface area contributed by atoms with Gasteiger partial charge in [0, 0.05) is 12.8 Å². The normalized spacial score (nSPS) is 13.3. The van der Waals surface area contributed by atoms with Crippen LogP contribution in [-0.2, 0) is 14.3 Å². The molecular formula is C29H46O4. The topological polar surface area (TPSA) is 63.6 Å². The summed E-state index contributed by atoms with van der Waals surface area (Å²) in [5.41, 5.74) is 0. The lowest BCUT2D eigenvalue weighted by atomic mass is 10.1. The van der Waals surface area contributed by atoms with Gasteiger partial charge in [-0.15, -0.1) is 0 Å². The predicted molar refractivity (Wildman–Crippen MR) is 139 cm³/mol. The number of aliphatic carboxylic acids is 1. The number of carboxylic acid groups (broad SMARTS) is 1. The fourth-order valence-electron chi connectivity index (χ4n) is 3.15. The molecule has 0 amide bonds. The van der Waals surface area contributed by atoms with Crippen molar-refractivity contribution in [2.75, 3.05) is 0 Å². The number of carboxylic acids is 1. The number of hydrogen-bond acceptors (Lipinski definition) is 3. The quantitative estimate of drug-likeness (QED) is 0.107. The van der Waals surface area contributed by atoms with Gasteiger partial charge in [-0.05, 0) is 70.6 Å². The Labute approximate surface area is 202 Å². The summed E-state index contributed by atoms with van der Waals surface area (Å²) in [6.45, 7) is 4.11. The van der Waals surface area contributed by atoms with Crippen molar-refractivity contribution < 1.29 is 19.4 Å². The summed E-state index contributed by atoms with van der Waals surface area (Å²) < 4.78 is 5.45. The molecule has 186 valence electrons. The van der Waals surface area contributed by atoms with E-state index in [9.17, 15) is 9.59 Å². The van der Waals surface area contributed by atoms with Crippen LogP contribution in [0.25, 0.3) is 0 Å². The maximum absolute atomic E-state index is 11.9. The van der Waals surface area contributed by atoms with Gasteiger partial charge < -0.3 is 9.84 Å². The zero-order valence-corrected chi connectivity index (χ0v) is 20.9. The smallest absolute Gasteiger partial charge is 0.306 e. The summed E-state index contributed by atoms with van der Waals surface area (Å²) in [6, 6.07) is 0. The fourth-order valence-corrected chi connectivity index (χ4v) is 3.15. The van der Waals surface area contributed by atoms with Crippen LogP contribution in [0.1, 0.15) is 104 Å². The van der Waals surface area contributed by atoms with Crippen molar-refractivity contribution in [3.8, 4) is 0 Å². The molecule has 1 N–H and O–H groups in total. The van der Waals surface area contributed by atoms with Crippen LogP contribution < -0.4 is 0 Å². The van der Waals surface area contributed by atoms with Gasteiger partial charge in [-0.1, -0.05) is 81.0 Å². The summed E-state index contributed by atoms with van der Waals surface area (Å²) in [5, 5.41) is 8.69. The Morgan fingerprint density at radius 3 is 1.76 bits per heavy atom. The van der Waals surface area contributed by atoms with Gasteiger partial charge in [-0.25, -0.2) is 0 Å². The van der Waals surface area contributed by atoms with Crippen LogP contribution in [0.2, 0.25) is 0 Å². The molecule has 0 aromatic heterocycles. The maximum Gasteiger partial charge on any atom is 0.306 e. The average molecular weight is 459 g/mol. The van der Waals surface area contributed by atoms with Crippen molar-refractivity contribution in [3.63, 3.8) is 0 Å². The van der Waals surface area contributed by atoms with Gasteiger partial charge in [0.2, 0.25) is 0 Å². The number of allylic oxidation sites excluding steroid dienone is 10. The molecule has 0 aliphatic rings. The summed E-state index contributed by atoms with van der Waals surface area (Å²) >= 11 is 0. The van der Waals surface area contributed by atoms with E-state index in [0.717, 1.165) is 64.2 Å². The lowest BCUT2D eigenvalue weighted by Crippen LogP contribution is -2.17. The number of hydrogen-bond donors (Lipinski definition) is 1. The van der Waals surface area contributed by atoms with Crippen LogP contribution in [0.15, 0.2) is 60.8 Å². The molecule has 4 heteroatoms. The van der Waals surface area contributed by atoms with E-state index in [2.05, 4.69) is 67.7 Å². The third kappa shape index (κ3) is 24.1. The minimum absolute atomic E-state index is 0.129. The van der Waals surface area contributed by atoms with Crippen LogP contribution in [0.5, 0.6) is 0 Å². The van der Waals surface area contributed by atoms with Crippen molar-refractivity contribution in [1.29, 1.82) is 0 Å². The van der Waals surface area contributed by atoms with E-state index in [1.54, 1.807) is 0 Å².